The SMILES string of the molecule is Cc1cc(OCC(=O)Nc2nccs2)cc(C)c1Br. The summed E-state index contributed by atoms with van der Waals surface area (Å²) < 4.78 is 6.54. The normalized spacial score (nSPS) is 10.3. The summed E-state index contributed by atoms with van der Waals surface area (Å²) in [7, 11) is 0. The molecule has 19 heavy (non-hydrogen) atoms. The molecule has 0 saturated carbocycles. The van der Waals surface area contributed by atoms with Crippen molar-refractivity contribution in [2.75, 3.05) is 11.9 Å². The lowest BCUT2D eigenvalue weighted by molar-refractivity contribution is -0.118. The zero-order valence-electron chi connectivity index (χ0n) is 10.6. The molecule has 0 aliphatic carbocycles. The number of amides is 1. The second kappa shape index (κ2) is 6.16. The summed E-state index contributed by atoms with van der Waals surface area (Å²) in [5.74, 6) is 0.473. The summed E-state index contributed by atoms with van der Waals surface area (Å²) in [6, 6.07) is 3.79. The van der Waals surface area contributed by atoms with Gasteiger partial charge in [0.25, 0.3) is 5.91 Å². The van der Waals surface area contributed by atoms with Crippen LogP contribution in [0.15, 0.2) is 28.2 Å². The van der Waals surface area contributed by atoms with Crippen LogP contribution in [0.4, 0.5) is 5.13 Å². The number of benzene rings is 1. The third kappa shape index (κ3) is 3.78. The lowest BCUT2D eigenvalue weighted by atomic mass is 10.1. The van der Waals surface area contributed by atoms with Crippen molar-refractivity contribution in [2.45, 2.75) is 13.8 Å². The molecule has 1 heterocycles. The first-order valence-electron chi connectivity index (χ1n) is 5.65. The van der Waals surface area contributed by atoms with Crippen LogP contribution in [0.5, 0.6) is 5.75 Å². The van der Waals surface area contributed by atoms with Crippen molar-refractivity contribution in [1.29, 1.82) is 0 Å². The fourth-order valence-corrected chi connectivity index (χ4v) is 2.35. The van der Waals surface area contributed by atoms with Crippen LogP contribution in [0.1, 0.15) is 11.1 Å². The molecule has 0 aliphatic heterocycles. The van der Waals surface area contributed by atoms with Crippen LogP contribution in [0.25, 0.3) is 0 Å². The topological polar surface area (TPSA) is 51.2 Å². The highest BCUT2D eigenvalue weighted by Gasteiger charge is 2.07. The van der Waals surface area contributed by atoms with Gasteiger partial charge in [-0.15, -0.1) is 11.3 Å². The van der Waals surface area contributed by atoms with Crippen LogP contribution >= 0.6 is 27.3 Å². The predicted octanol–water partition coefficient (Wildman–Crippen LogP) is 3.54. The summed E-state index contributed by atoms with van der Waals surface area (Å²) in [4.78, 5) is 15.6. The van der Waals surface area contributed by atoms with Gasteiger partial charge in [0.05, 0.1) is 0 Å². The van der Waals surface area contributed by atoms with Gasteiger partial charge in [-0.1, -0.05) is 15.9 Å². The molecule has 0 fully saturated rings. The predicted molar refractivity (Wildman–Crippen MR) is 79.9 cm³/mol. The third-order valence-electron chi connectivity index (χ3n) is 2.46. The average Bonchev–Trinajstić information content (AvgIpc) is 2.86. The lowest BCUT2D eigenvalue weighted by Crippen LogP contribution is -2.20. The molecule has 1 N–H and O–H groups in total. The van der Waals surface area contributed by atoms with Gasteiger partial charge in [-0.25, -0.2) is 4.98 Å². The first-order chi connectivity index (χ1) is 9.06. The van der Waals surface area contributed by atoms with Crippen molar-refractivity contribution in [1.82, 2.24) is 4.98 Å². The highest BCUT2D eigenvalue weighted by Crippen LogP contribution is 2.26. The van der Waals surface area contributed by atoms with E-state index in [4.69, 9.17) is 4.74 Å². The summed E-state index contributed by atoms with van der Waals surface area (Å²) in [6.45, 7) is 3.94. The Bertz CT molecular complexity index is 561. The molecule has 0 atom stereocenters. The van der Waals surface area contributed by atoms with Crippen molar-refractivity contribution >= 4 is 38.3 Å². The number of ether oxygens (including phenoxy) is 1. The van der Waals surface area contributed by atoms with Gasteiger partial charge in [0.2, 0.25) is 0 Å². The van der Waals surface area contributed by atoms with E-state index in [9.17, 15) is 4.79 Å². The quantitative estimate of drug-likeness (QED) is 0.925. The Hall–Kier alpha value is -1.40. The number of anilines is 1. The Kier molecular flexibility index (Phi) is 4.55. The molecular formula is C13H13BrN2O2S. The van der Waals surface area contributed by atoms with Gasteiger partial charge in [0.15, 0.2) is 11.7 Å². The molecule has 100 valence electrons. The number of rotatable bonds is 4. The highest BCUT2D eigenvalue weighted by molar-refractivity contribution is 9.10. The molecule has 2 aromatic rings. The van der Waals surface area contributed by atoms with Crippen molar-refractivity contribution in [2.24, 2.45) is 0 Å². The maximum atomic E-state index is 11.6. The molecule has 2 rings (SSSR count). The molecule has 0 bridgehead atoms. The van der Waals surface area contributed by atoms with E-state index in [0.717, 1.165) is 15.6 Å². The first-order valence-corrected chi connectivity index (χ1v) is 7.32. The number of carbonyl (C=O) groups is 1. The Labute approximate surface area is 124 Å². The fraction of sp³-hybridized carbons (Fsp3) is 0.231. The number of aromatic nitrogens is 1. The number of nitrogens with one attached hydrogen (secondary N) is 1. The Morgan fingerprint density at radius 2 is 2.11 bits per heavy atom. The van der Waals surface area contributed by atoms with Gasteiger partial charge in [0, 0.05) is 16.0 Å². The Balaban J connectivity index is 1.93. The monoisotopic (exact) mass is 340 g/mol. The van der Waals surface area contributed by atoms with E-state index in [2.05, 4.69) is 26.2 Å². The molecular weight excluding hydrogens is 328 g/mol. The number of nitrogens with zero attached hydrogens (tertiary/aromatic N) is 1. The van der Waals surface area contributed by atoms with E-state index in [1.54, 1.807) is 11.6 Å². The zero-order chi connectivity index (χ0) is 13.8. The smallest absolute Gasteiger partial charge is 0.264 e. The molecule has 0 saturated heterocycles. The minimum Gasteiger partial charge on any atom is -0.484 e. The maximum absolute atomic E-state index is 11.6. The van der Waals surface area contributed by atoms with Gasteiger partial charge < -0.3 is 4.74 Å². The van der Waals surface area contributed by atoms with Gasteiger partial charge in [0.1, 0.15) is 5.75 Å². The van der Waals surface area contributed by atoms with E-state index in [1.807, 2.05) is 26.0 Å². The number of hydrogen-bond acceptors (Lipinski definition) is 4. The lowest BCUT2D eigenvalue weighted by Gasteiger charge is -2.09. The highest BCUT2D eigenvalue weighted by atomic mass is 79.9. The molecule has 1 aromatic heterocycles. The maximum Gasteiger partial charge on any atom is 0.264 e. The minimum absolute atomic E-state index is 0.0277. The largest absolute Gasteiger partial charge is 0.484 e. The van der Waals surface area contributed by atoms with Crippen LogP contribution in [0.2, 0.25) is 0 Å². The zero-order valence-corrected chi connectivity index (χ0v) is 13.0. The number of carbonyl (C=O) groups excluding carboxylic acids is 1. The van der Waals surface area contributed by atoms with E-state index in [-0.39, 0.29) is 12.5 Å². The summed E-state index contributed by atoms with van der Waals surface area (Å²) >= 11 is 4.87. The van der Waals surface area contributed by atoms with Crippen molar-refractivity contribution in [3.63, 3.8) is 0 Å². The first kappa shape index (κ1) is 14.0. The van der Waals surface area contributed by atoms with E-state index >= 15 is 0 Å². The molecule has 4 nitrogen and oxygen atoms in total. The number of hydrogen-bond donors (Lipinski definition) is 1. The van der Waals surface area contributed by atoms with Gasteiger partial charge in [-0.2, -0.15) is 0 Å². The summed E-state index contributed by atoms with van der Waals surface area (Å²) in [5, 5.41) is 5.05. The molecule has 0 spiro atoms. The van der Waals surface area contributed by atoms with Crippen molar-refractivity contribution < 1.29 is 9.53 Å². The molecule has 0 radical (unpaired) electrons. The minimum atomic E-state index is -0.215. The number of thiazole rings is 1. The standard InChI is InChI=1S/C13H13BrN2O2S/c1-8-5-10(6-9(2)12(8)14)18-7-11(17)16-13-15-3-4-19-13/h3-6H,7H2,1-2H3,(H,15,16,17). The molecule has 1 aromatic carbocycles. The molecule has 0 unspecified atom stereocenters. The third-order valence-corrected chi connectivity index (χ3v) is 4.40. The summed E-state index contributed by atoms with van der Waals surface area (Å²) in [6.07, 6.45) is 1.64. The molecule has 6 heteroatoms. The second-order valence-corrected chi connectivity index (χ2v) is 5.73. The van der Waals surface area contributed by atoms with Crippen LogP contribution in [0.3, 0.4) is 0 Å². The van der Waals surface area contributed by atoms with Crippen LogP contribution in [0, 0.1) is 13.8 Å². The average molecular weight is 341 g/mol. The van der Waals surface area contributed by atoms with E-state index in [0.29, 0.717) is 10.9 Å². The van der Waals surface area contributed by atoms with Gasteiger partial charge in [-0.3, -0.25) is 10.1 Å². The van der Waals surface area contributed by atoms with Crippen LogP contribution < -0.4 is 10.1 Å². The summed E-state index contributed by atoms with van der Waals surface area (Å²) in [5.41, 5.74) is 2.16. The number of aryl methyl sites for hydroxylation is 2. The van der Waals surface area contributed by atoms with Crippen LogP contribution in [-0.4, -0.2) is 17.5 Å². The van der Waals surface area contributed by atoms with E-state index in [1.165, 1.54) is 11.3 Å². The number of halogens is 1. The van der Waals surface area contributed by atoms with Crippen LogP contribution in [-0.2, 0) is 4.79 Å². The van der Waals surface area contributed by atoms with Gasteiger partial charge in [-0.05, 0) is 37.1 Å². The molecule has 0 aliphatic rings. The fourth-order valence-electron chi connectivity index (χ4n) is 1.58. The van der Waals surface area contributed by atoms with Gasteiger partial charge >= 0.3 is 0 Å². The Morgan fingerprint density at radius 3 is 2.68 bits per heavy atom. The molecule has 1 amide bonds. The van der Waals surface area contributed by atoms with Crippen molar-refractivity contribution in [3.05, 3.63) is 39.3 Å². The van der Waals surface area contributed by atoms with Crippen molar-refractivity contribution in [3.8, 4) is 5.75 Å². The van der Waals surface area contributed by atoms with E-state index < -0.39 is 0 Å². The second-order valence-electron chi connectivity index (χ2n) is 4.05. The Morgan fingerprint density at radius 1 is 1.42 bits per heavy atom.